The first-order valence-electron chi connectivity index (χ1n) is 5.83. The van der Waals surface area contributed by atoms with Gasteiger partial charge in [0.2, 0.25) is 11.8 Å². The molecule has 1 heterocycles. The smallest absolute Gasteiger partial charge is 0.246 e. The molecule has 1 aliphatic rings. The number of amides is 2. The number of carbonyl (C=O) groups is 2. The number of rotatable bonds is 4. The number of halogens is 1. The van der Waals surface area contributed by atoms with Crippen LogP contribution in [0, 0.1) is 5.92 Å². The molecule has 2 unspecified atom stereocenters. The highest BCUT2D eigenvalue weighted by atomic mass is 35.5. The highest BCUT2D eigenvalue weighted by Gasteiger charge is 2.35. The third-order valence-corrected chi connectivity index (χ3v) is 3.44. The Kier molecular flexibility index (Phi) is 5.00. The van der Waals surface area contributed by atoms with Gasteiger partial charge in [0, 0.05) is 12.1 Å². The van der Waals surface area contributed by atoms with Crippen LogP contribution in [0.1, 0.15) is 27.2 Å². The fraction of sp³-hybridized carbons (Fsp3) is 0.667. The van der Waals surface area contributed by atoms with Crippen molar-refractivity contribution in [3.8, 4) is 0 Å². The van der Waals surface area contributed by atoms with Gasteiger partial charge in [-0.05, 0) is 18.4 Å². The molecule has 0 bridgehead atoms. The van der Waals surface area contributed by atoms with E-state index in [2.05, 4.69) is 5.32 Å². The lowest BCUT2D eigenvalue weighted by atomic mass is 9.96. The molecular formula is C12H19ClN2O2. The van der Waals surface area contributed by atoms with Crippen molar-refractivity contribution in [2.75, 3.05) is 13.1 Å². The Morgan fingerprint density at radius 2 is 2.29 bits per heavy atom. The van der Waals surface area contributed by atoms with E-state index in [-0.39, 0.29) is 24.3 Å². The monoisotopic (exact) mass is 258 g/mol. The lowest BCUT2D eigenvalue weighted by molar-refractivity contribution is -0.145. The van der Waals surface area contributed by atoms with E-state index in [4.69, 9.17) is 11.6 Å². The minimum Gasteiger partial charge on any atom is -0.342 e. The van der Waals surface area contributed by atoms with Crippen LogP contribution in [0.15, 0.2) is 11.1 Å². The van der Waals surface area contributed by atoms with Gasteiger partial charge in [-0.2, -0.15) is 0 Å². The van der Waals surface area contributed by atoms with Crippen molar-refractivity contribution in [3.05, 3.63) is 11.1 Å². The molecule has 2 atom stereocenters. The maximum Gasteiger partial charge on any atom is 0.246 e. The summed E-state index contributed by atoms with van der Waals surface area (Å²) in [6.45, 7) is 6.35. The number of nitrogens with one attached hydrogen (secondary N) is 1. The number of carbonyl (C=O) groups excluding carboxylic acids is 2. The van der Waals surface area contributed by atoms with Gasteiger partial charge in [-0.15, -0.1) is 0 Å². The zero-order valence-corrected chi connectivity index (χ0v) is 11.3. The van der Waals surface area contributed by atoms with Gasteiger partial charge in [0.25, 0.3) is 0 Å². The summed E-state index contributed by atoms with van der Waals surface area (Å²) in [5.41, 5.74) is 2.32. The first-order valence-corrected chi connectivity index (χ1v) is 6.27. The predicted molar refractivity (Wildman–Crippen MR) is 67.6 cm³/mol. The second-order valence-corrected chi connectivity index (χ2v) is 4.80. The van der Waals surface area contributed by atoms with Gasteiger partial charge in [0.15, 0.2) is 0 Å². The Bertz CT molecular complexity index is 341. The summed E-state index contributed by atoms with van der Waals surface area (Å²) in [5, 5.41) is 2.76. The van der Waals surface area contributed by atoms with Gasteiger partial charge >= 0.3 is 0 Å². The van der Waals surface area contributed by atoms with Crippen molar-refractivity contribution < 1.29 is 9.59 Å². The second kappa shape index (κ2) is 6.05. The fourth-order valence-electron chi connectivity index (χ4n) is 1.82. The number of hydrogen-bond donors (Lipinski definition) is 1. The largest absolute Gasteiger partial charge is 0.342 e. The molecule has 5 heteroatoms. The van der Waals surface area contributed by atoms with Crippen LogP contribution >= 0.6 is 11.6 Å². The van der Waals surface area contributed by atoms with Crippen molar-refractivity contribution in [2.45, 2.75) is 33.2 Å². The third-order valence-electron chi connectivity index (χ3n) is 3.07. The summed E-state index contributed by atoms with van der Waals surface area (Å²) in [4.78, 5) is 25.3. The van der Waals surface area contributed by atoms with Crippen LogP contribution in [0.3, 0.4) is 0 Å². The van der Waals surface area contributed by atoms with Gasteiger partial charge < -0.3 is 10.2 Å². The minimum absolute atomic E-state index is 0.0168. The molecule has 1 rings (SSSR count). The molecule has 17 heavy (non-hydrogen) atoms. The molecular weight excluding hydrogens is 240 g/mol. The van der Waals surface area contributed by atoms with Crippen LogP contribution in [0.5, 0.6) is 0 Å². The van der Waals surface area contributed by atoms with E-state index in [9.17, 15) is 9.59 Å². The molecule has 1 saturated heterocycles. The van der Waals surface area contributed by atoms with Crippen LogP contribution in [0.4, 0.5) is 0 Å². The van der Waals surface area contributed by atoms with Crippen molar-refractivity contribution in [2.24, 2.45) is 5.92 Å². The zero-order valence-electron chi connectivity index (χ0n) is 10.5. The number of piperazine rings is 1. The molecule has 1 N–H and O–H groups in total. The van der Waals surface area contributed by atoms with E-state index in [0.29, 0.717) is 6.54 Å². The Balaban J connectivity index is 2.78. The summed E-state index contributed by atoms with van der Waals surface area (Å²) in [5.74, 6) is 0.0311. The van der Waals surface area contributed by atoms with E-state index >= 15 is 0 Å². The molecule has 96 valence electrons. The van der Waals surface area contributed by atoms with Crippen LogP contribution in [-0.4, -0.2) is 35.8 Å². The summed E-state index contributed by atoms with van der Waals surface area (Å²) in [6.07, 6.45) is 0.856. The number of hydrogen-bond acceptors (Lipinski definition) is 2. The van der Waals surface area contributed by atoms with Crippen LogP contribution in [0.25, 0.3) is 0 Å². The Labute approximate surface area is 107 Å². The van der Waals surface area contributed by atoms with E-state index in [1.54, 1.807) is 4.90 Å². The van der Waals surface area contributed by atoms with E-state index in [1.807, 2.05) is 20.8 Å². The van der Waals surface area contributed by atoms with Gasteiger partial charge in [0.05, 0.1) is 6.54 Å². The highest BCUT2D eigenvalue weighted by Crippen LogP contribution is 2.15. The van der Waals surface area contributed by atoms with E-state index < -0.39 is 6.04 Å². The lowest BCUT2D eigenvalue weighted by Crippen LogP contribution is -2.60. The van der Waals surface area contributed by atoms with Gasteiger partial charge in [0.1, 0.15) is 6.04 Å². The lowest BCUT2D eigenvalue weighted by Gasteiger charge is -2.35. The maximum atomic E-state index is 12.2. The topological polar surface area (TPSA) is 49.4 Å². The van der Waals surface area contributed by atoms with Gasteiger partial charge in [-0.1, -0.05) is 31.9 Å². The molecule has 0 aromatic rings. The van der Waals surface area contributed by atoms with Crippen molar-refractivity contribution in [3.63, 3.8) is 0 Å². The summed E-state index contributed by atoms with van der Waals surface area (Å²) < 4.78 is 0. The Morgan fingerprint density at radius 3 is 2.82 bits per heavy atom. The van der Waals surface area contributed by atoms with Gasteiger partial charge in [-0.3, -0.25) is 9.59 Å². The summed E-state index contributed by atoms with van der Waals surface area (Å²) >= 11 is 5.58. The van der Waals surface area contributed by atoms with Crippen LogP contribution in [0.2, 0.25) is 0 Å². The molecule has 0 saturated carbocycles. The van der Waals surface area contributed by atoms with Gasteiger partial charge in [-0.25, -0.2) is 0 Å². The number of nitrogens with zero attached hydrogens (tertiary/aromatic N) is 1. The first-order chi connectivity index (χ1) is 7.99. The Morgan fingerprint density at radius 1 is 1.65 bits per heavy atom. The fourth-order valence-corrected chi connectivity index (χ4v) is 1.89. The summed E-state index contributed by atoms with van der Waals surface area (Å²) in [7, 11) is 0. The normalized spacial score (nSPS) is 23.6. The highest BCUT2D eigenvalue weighted by molar-refractivity contribution is 6.25. The molecule has 0 aliphatic carbocycles. The molecule has 0 aromatic carbocycles. The molecule has 0 spiro atoms. The first kappa shape index (κ1) is 14.0. The average Bonchev–Trinajstić information content (AvgIpc) is 2.32. The molecule has 1 fully saturated rings. The van der Waals surface area contributed by atoms with E-state index in [1.165, 1.54) is 5.54 Å². The summed E-state index contributed by atoms with van der Waals surface area (Å²) in [6, 6.07) is -0.399. The SMILES string of the molecule is CCC(C)C1NC(=O)CN(CC(C)=CCl)C1=O. The molecule has 0 radical (unpaired) electrons. The molecule has 2 amide bonds. The van der Waals surface area contributed by atoms with Crippen LogP contribution in [-0.2, 0) is 9.59 Å². The quantitative estimate of drug-likeness (QED) is 0.831. The predicted octanol–water partition coefficient (Wildman–Crippen LogP) is 1.50. The molecule has 0 aromatic heterocycles. The second-order valence-electron chi connectivity index (χ2n) is 4.58. The molecule has 4 nitrogen and oxygen atoms in total. The van der Waals surface area contributed by atoms with E-state index in [0.717, 1.165) is 12.0 Å². The molecule has 1 aliphatic heterocycles. The van der Waals surface area contributed by atoms with Crippen molar-refractivity contribution in [1.29, 1.82) is 0 Å². The van der Waals surface area contributed by atoms with Crippen molar-refractivity contribution in [1.82, 2.24) is 10.2 Å². The zero-order chi connectivity index (χ0) is 13.0. The average molecular weight is 259 g/mol. The third kappa shape index (κ3) is 3.46. The Hall–Kier alpha value is -1.03. The maximum absolute atomic E-state index is 12.2. The van der Waals surface area contributed by atoms with Crippen LogP contribution < -0.4 is 5.32 Å². The standard InChI is InChI=1S/C12H19ClN2O2/c1-4-9(3)11-12(17)15(6-8(2)5-13)7-10(16)14-11/h5,9,11H,4,6-7H2,1-3H3,(H,14,16). The van der Waals surface area contributed by atoms with Crippen molar-refractivity contribution >= 4 is 23.4 Å². The minimum atomic E-state index is -0.399.